The van der Waals surface area contributed by atoms with Crippen LogP contribution in [-0.4, -0.2) is 22.6 Å². The lowest BCUT2D eigenvalue weighted by Gasteiger charge is -2.40. The van der Waals surface area contributed by atoms with Crippen LogP contribution in [0, 0.1) is 0 Å². The van der Waals surface area contributed by atoms with E-state index >= 15 is 0 Å². The van der Waals surface area contributed by atoms with E-state index in [-0.39, 0.29) is 24.3 Å². The lowest BCUT2D eigenvalue weighted by atomic mass is 9.33. The SMILES string of the molecule is CC(C)(C)c1ccc2c(c1)B1c3ccccc3N(c3ccccc3)c3ccc4c5cc6c7ccc8c9c7n(c6cc5n-2c4c31)-c1ccc(C(C)(C)C)cc1B9c1ccccc1N8c1ccccc1. The van der Waals surface area contributed by atoms with E-state index in [2.05, 4.69) is 242 Å². The van der Waals surface area contributed by atoms with Crippen molar-refractivity contribution >= 4 is 124 Å². The van der Waals surface area contributed by atoms with Gasteiger partial charge in [-0.25, -0.2) is 0 Å². The Morgan fingerprint density at radius 2 is 0.721 bits per heavy atom. The van der Waals surface area contributed by atoms with Crippen LogP contribution < -0.4 is 42.6 Å². The van der Waals surface area contributed by atoms with Gasteiger partial charge in [0.05, 0.1) is 22.1 Å². The Morgan fingerprint density at radius 1 is 0.324 bits per heavy atom. The summed E-state index contributed by atoms with van der Waals surface area (Å²) in [5, 5.41) is 5.18. The second-order valence-electron chi connectivity index (χ2n) is 21.7. The quantitative estimate of drug-likeness (QED) is 0.161. The van der Waals surface area contributed by atoms with Crippen LogP contribution in [0.15, 0.2) is 182 Å². The van der Waals surface area contributed by atoms with Gasteiger partial charge in [-0.2, -0.15) is 0 Å². The third-order valence-electron chi connectivity index (χ3n) is 16.0. The summed E-state index contributed by atoms with van der Waals surface area (Å²) >= 11 is 0. The number of hydrogen-bond donors (Lipinski definition) is 0. The summed E-state index contributed by atoms with van der Waals surface area (Å²) in [6.07, 6.45) is 0. The molecule has 0 fully saturated rings. The van der Waals surface area contributed by atoms with Gasteiger partial charge >= 0.3 is 0 Å². The van der Waals surface area contributed by atoms with Crippen LogP contribution in [0.1, 0.15) is 52.7 Å². The van der Waals surface area contributed by atoms with Gasteiger partial charge in [0.2, 0.25) is 0 Å². The van der Waals surface area contributed by atoms with E-state index in [1.165, 1.54) is 133 Å². The number of nitrogens with zero attached hydrogens (tertiary/aromatic N) is 4. The predicted octanol–water partition coefficient (Wildman–Crippen LogP) is 11.7. The van der Waals surface area contributed by atoms with Crippen LogP contribution in [0.4, 0.5) is 34.1 Å². The number of hydrogen-bond acceptors (Lipinski definition) is 2. The van der Waals surface area contributed by atoms with Gasteiger partial charge in [0.15, 0.2) is 0 Å². The zero-order valence-corrected chi connectivity index (χ0v) is 39.3. The zero-order valence-electron chi connectivity index (χ0n) is 39.3. The van der Waals surface area contributed by atoms with E-state index < -0.39 is 0 Å². The van der Waals surface area contributed by atoms with Crippen molar-refractivity contribution in [2.45, 2.75) is 52.4 Å². The maximum atomic E-state index is 2.64. The first-order chi connectivity index (χ1) is 33.0. The van der Waals surface area contributed by atoms with Crippen molar-refractivity contribution in [1.29, 1.82) is 0 Å². The molecule has 0 radical (unpaired) electrons. The Labute approximate surface area is 397 Å². The van der Waals surface area contributed by atoms with Crippen LogP contribution >= 0.6 is 0 Å². The van der Waals surface area contributed by atoms with E-state index in [0.717, 1.165) is 0 Å². The highest BCUT2D eigenvalue weighted by Crippen LogP contribution is 2.47. The van der Waals surface area contributed by atoms with Gasteiger partial charge in [0.1, 0.15) is 0 Å². The van der Waals surface area contributed by atoms with E-state index in [0.29, 0.717) is 0 Å². The van der Waals surface area contributed by atoms with Crippen LogP contribution in [0.25, 0.3) is 55.0 Å². The molecule has 6 heteroatoms. The lowest BCUT2D eigenvalue weighted by molar-refractivity contribution is 0.590. The summed E-state index contributed by atoms with van der Waals surface area (Å²) in [5.74, 6) is 0. The number of para-hydroxylation sites is 4. The van der Waals surface area contributed by atoms with Crippen LogP contribution in [0.2, 0.25) is 0 Å². The van der Waals surface area contributed by atoms with Crippen LogP contribution in [0.3, 0.4) is 0 Å². The molecule has 2 aromatic heterocycles. The van der Waals surface area contributed by atoms with Crippen molar-refractivity contribution in [3.05, 3.63) is 193 Å². The van der Waals surface area contributed by atoms with Crippen molar-refractivity contribution in [1.82, 2.24) is 9.13 Å². The molecular weight excluding hydrogens is 822 g/mol. The minimum Gasteiger partial charge on any atom is -0.311 e. The molecule has 11 aromatic rings. The van der Waals surface area contributed by atoms with Gasteiger partial charge in [0.25, 0.3) is 13.4 Å². The Hall–Kier alpha value is -7.69. The van der Waals surface area contributed by atoms with Crippen molar-refractivity contribution in [3.8, 4) is 11.4 Å². The molecule has 0 bridgehead atoms. The van der Waals surface area contributed by atoms with Crippen molar-refractivity contribution in [3.63, 3.8) is 0 Å². The molecule has 68 heavy (non-hydrogen) atoms. The number of fused-ring (bicyclic) bond motifs is 16. The number of rotatable bonds is 2. The standard InChI is InChI=1S/C62H48B2N4/c1-61(2,3)37-25-29-51-47(33-37)63-45-21-13-15-23-49(45)65(39-17-9-7-10-18-39)53-31-27-41-43-35-44-42-28-32-54-58-60(42)68(56(44)36-55(43)67(51)59(41)57(53)63)52-30-26-38(62(4,5)6)34-48(52)64(58)46-22-14-16-24-50(46)66(54)40-19-11-8-12-20-40/h7-36H,1-6H3. The highest BCUT2D eigenvalue weighted by Gasteiger charge is 2.45. The second-order valence-corrected chi connectivity index (χ2v) is 21.7. The highest BCUT2D eigenvalue weighted by molar-refractivity contribution is 7.01. The fraction of sp³-hybridized carbons (Fsp3) is 0.129. The molecule has 4 aliphatic rings. The van der Waals surface area contributed by atoms with Crippen molar-refractivity contribution in [2.75, 3.05) is 9.80 Å². The average molecular weight is 871 g/mol. The molecule has 15 rings (SSSR count). The molecule has 0 amide bonds. The maximum absolute atomic E-state index is 2.64. The normalized spacial score (nSPS) is 14.2. The van der Waals surface area contributed by atoms with Gasteiger partial charge in [0, 0.05) is 67.0 Å². The van der Waals surface area contributed by atoms with Crippen molar-refractivity contribution in [2.24, 2.45) is 0 Å². The van der Waals surface area contributed by atoms with E-state index in [1.54, 1.807) is 0 Å². The third kappa shape index (κ3) is 4.87. The fourth-order valence-electron chi connectivity index (χ4n) is 12.9. The molecule has 0 spiro atoms. The van der Waals surface area contributed by atoms with Gasteiger partial charge in [-0.1, -0.05) is 151 Å². The molecule has 0 saturated heterocycles. The largest absolute Gasteiger partial charge is 0.311 e. The molecule has 4 aliphatic heterocycles. The molecule has 4 nitrogen and oxygen atoms in total. The monoisotopic (exact) mass is 870 g/mol. The number of anilines is 6. The van der Waals surface area contributed by atoms with E-state index in [1.807, 2.05) is 0 Å². The summed E-state index contributed by atoms with van der Waals surface area (Å²) in [4.78, 5) is 5.01. The first kappa shape index (κ1) is 38.4. The minimum atomic E-state index is -0.0120. The summed E-state index contributed by atoms with van der Waals surface area (Å²) in [7, 11) is 0. The topological polar surface area (TPSA) is 16.3 Å². The molecular formula is C62H48B2N4. The van der Waals surface area contributed by atoms with Crippen molar-refractivity contribution < 1.29 is 0 Å². The molecule has 0 N–H and O–H groups in total. The van der Waals surface area contributed by atoms with Crippen LogP contribution in [-0.2, 0) is 10.8 Å². The highest BCUT2D eigenvalue weighted by atomic mass is 15.2. The Bertz CT molecular complexity index is 3760. The summed E-state index contributed by atoms with van der Waals surface area (Å²) in [6, 6.07) is 69.6. The maximum Gasteiger partial charge on any atom is 0.252 e. The zero-order chi connectivity index (χ0) is 45.5. The molecule has 9 aromatic carbocycles. The Kier molecular flexibility index (Phi) is 7.37. The Balaban J connectivity index is 1.09. The smallest absolute Gasteiger partial charge is 0.252 e. The summed E-state index contributed by atoms with van der Waals surface area (Å²) in [5.41, 5.74) is 25.9. The van der Waals surface area contributed by atoms with Gasteiger partial charge in [-0.15, -0.1) is 0 Å². The molecule has 0 aliphatic carbocycles. The third-order valence-corrected chi connectivity index (χ3v) is 16.0. The minimum absolute atomic E-state index is 0.0120. The van der Waals surface area contributed by atoms with Gasteiger partial charge in [-0.05, 0) is 128 Å². The number of aromatic nitrogens is 2. The number of benzene rings is 9. The summed E-state index contributed by atoms with van der Waals surface area (Å²) < 4.78 is 5.28. The molecule has 322 valence electrons. The second kappa shape index (κ2) is 13.0. The first-order valence-corrected chi connectivity index (χ1v) is 24.3. The molecule has 0 atom stereocenters. The van der Waals surface area contributed by atoms with Gasteiger partial charge in [-0.3, -0.25) is 0 Å². The first-order valence-electron chi connectivity index (χ1n) is 24.3. The molecule has 0 unspecified atom stereocenters. The average Bonchev–Trinajstić information content (AvgIpc) is 3.86. The molecule has 6 heterocycles. The summed E-state index contributed by atoms with van der Waals surface area (Å²) in [6.45, 7) is 14.2. The predicted molar refractivity (Wildman–Crippen MR) is 291 cm³/mol. The van der Waals surface area contributed by atoms with Crippen LogP contribution in [0.5, 0.6) is 0 Å². The fourth-order valence-corrected chi connectivity index (χ4v) is 12.9. The van der Waals surface area contributed by atoms with E-state index in [9.17, 15) is 0 Å². The lowest BCUT2D eigenvalue weighted by Crippen LogP contribution is -2.60. The van der Waals surface area contributed by atoms with Gasteiger partial charge < -0.3 is 18.9 Å². The van der Waals surface area contributed by atoms with E-state index in [4.69, 9.17) is 0 Å². The Morgan fingerprint density at radius 3 is 1.15 bits per heavy atom. The molecule has 0 saturated carbocycles.